The topological polar surface area (TPSA) is 70.6 Å². The Bertz CT molecular complexity index is 875. The molecule has 2 heterocycles. The summed E-state index contributed by atoms with van der Waals surface area (Å²) < 4.78 is 0. The fourth-order valence-electron chi connectivity index (χ4n) is 2.99. The largest absolute Gasteiger partial charge is 0.313 e. The molecule has 0 spiro atoms. The van der Waals surface area contributed by atoms with Gasteiger partial charge in [0.05, 0.1) is 5.56 Å². The van der Waals surface area contributed by atoms with Crippen LogP contribution in [-0.2, 0) is 17.6 Å². The second-order valence-corrected chi connectivity index (χ2v) is 8.69. The van der Waals surface area contributed by atoms with E-state index in [4.69, 9.17) is 0 Å². The molecule has 2 amide bonds. The summed E-state index contributed by atoms with van der Waals surface area (Å²) in [5.74, 6) is -0.489. The van der Waals surface area contributed by atoms with Crippen LogP contribution in [0.2, 0.25) is 0 Å². The van der Waals surface area contributed by atoms with Crippen molar-refractivity contribution in [3.05, 3.63) is 44.5 Å². The van der Waals surface area contributed by atoms with Gasteiger partial charge in [-0.25, -0.2) is 5.43 Å². The van der Waals surface area contributed by atoms with E-state index >= 15 is 0 Å². The second kappa shape index (κ2) is 9.10. The monoisotopic (exact) mass is 401 g/mol. The molecule has 0 unspecified atom stereocenters. The summed E-state index contributed by atoms with van der Waals surface area (Å²) in [7, 11) is 0. The van der Waals surface area contributed by atoms with E-state index in [1.54, 1.807) is 17.4 Å². The Morgan fingerprint density at radius 1 is 1.19 bits per heavy atom. The third-order valence-electron chi connectivity index (χ3n) is 4.21. The van der Waals surface area contributed by atoms with Crippen LogP contribution < -0.4 is 10.7 Å². The van der Waals surface area contributed by atoms with Crippen LogP contribution >= 0.6 is 22.7 Å². The van der Waals surface area contributed by atoms with E-state index in [-0.39, 0.29) is 11.8 Å². The van der Waals surface area contributed by atoms with Gasteiger partial charge in [-0.2, -0.15) is 5.10 Å². The zero-order chi connectivity index (χ0) is 19.2. The van der Waals surface area contributed by atoms with Gasteiger partial charge in [0.25, 0.3) is 5.91 Å². The standard InChI is InChI=1S/C20H23N3O2S2/c1-13(2)22-23-19(25)18-15-8-4-3-5-9-16(15)27-20(18)21-17(24)11-10-14-7-6-12-26-14/h6-7,10-12H,3-5,8-9H2,1-2H3,(H,21,24)(H,23,25). The van der Waals surface area contributed by atoms with Gasteiger partial charge in [0, 0.05) is 21.5 Å². The van der Waals surface area contributed by atoms with Crippen LogP contribution in [-0.4, -0.2) is 17.5 Å². The van der Waals surface area contributed by atoms with Gasteiger partial charge in [0.1, 0.15) is 5.00 Å². The van der Waals surface area contributed by atoms with E-state index in [0.29, 0.717) is 10.6 Å². The van der Waals surface area contributed by atoms with Crippen molar-refractivity contribution in [2.24, 2.45) is 5.10 Å². The highest BCUT2D eigenvalue weighted by atomic mass is 32.1. The Labute approximate surface area is 167 Å². The highest BCUT2D eigenvalue weighted by molar-refractivity contribution is 7.17. The third-order valence-corrected chi connectivity index (χ3v) is 6.25. The zero-order valence-corrected chi connectivity index (χ0v) is 17.1. The molecule has 0 aromatic carbocycles. The van der Waals surface area contributed by atoms with Gasteiger partial charge in [-0.1, -0.05) is 12.5 Å². The van der Waals surface area contributed by atoms with Crippen LogP contribution in [0.5, 0.6) is 0 Å². The first-order valence-corrected chi connectivity index (χ1v) is 10.7. The maximum Gasteiger partial charge on any atom is 0.274 e. The Balaban J connectivity index is 1.85. The normalized spacial score (nSPS) is 13.7. The van der Waals surface area contributed by atoms with Gasteiger partial charge in [0.2, 0.25) is 5.91 Å². The van der Waals surface area contributed by atoms with Gasteiger partial charge >= 0.3 is 0 Å². The first kappa shape index (κ1) is 19.5. The number of nitrogens with one attached hydrogen (secondary N) is 2. The van der Waals surface area contributed by atoms with Crippen molar-refractivity contribution in [2.45, 2.75) is 46.0 Å². The number of hydrazone groups is 1. The van der Waals surface area contributed by atoms with E-state index in [0.717, 1.165) is 41.8 Å². The lowest BCUT2D eigenvalue weighted by atomic mass is 10.1. The van der Waals surface area contributed by atoms with Gasteiger partial charge in [-0.3, -0.25) is 9.59 Å². The fraction of sp³-hybridized carbons (Fsp3) is 0.350. The molecule has 1 aliphatic rings. The number of thiophene rings is 2. The molecule has 0 bridgehead atoms. The van der Waals surface area contributed by atoms with Crippen LogP contribution in [0.25, 0.3) is 6.08 Å². The molecule has 0 saturated carbocycles. The smallest absolute Gasteiger partial charge is 0.274 e. The Morgan fingerprint density at radius 3 is 2.74 bits per heavy atom. The molecule has 3 rings (SSSR count). The zero-order valence-electron chi connectivity index (χ0n) is 15.5. The van der Waals surface area contributed by atoms with Gasteiger partial charge in [-0.15, -0.1) is 22.7 Å². The quantitative estimate of drug-likeness (QED) is 0.325. The molecule has 7 heteroatoms. The minimum Gasteiger partial charge on any atom is -0.313 e. The first-order chi connectivity index (χ1) is 13.0. The minimum absolute atomic E-state index is 0.232. The number of aryl methyl sites for hydroxylation is 1. The fourth-order valence-corrected chi connectivity index (χ4v) is 4.89. The molecule has 0 atom stereocenters. The lowest BCUT2D eigenvalue weighted by Crippen LogP contribution is -2.21. The average Bonchev–Trinajstić information content (AvgIpc) is 3.20. The van der Waals surface area contributed by atoms with Crippen molar-refractivity contribution in [3.63, 3.8) is 0 Å². The van der Waals surface area contributed by atoms with Crippen molar-refractivity contribution in [1.29, 1.82) is 0 Å². The summed E-state index contributed by atoms with van der Waals surface area (Å²) in [6.07, 6.45) is 8.45. The molecule has 1 aliphatic carbocycles. The number of carbonyl (C=O) groups excluding carboxylic acids is 2. The molecule has 0 radical (unpaired) electrons. The molecule has 0 saturated heterocycles. The van der Waals surface area contributed by atoms with Crippen molar-refractivity contribution in [1.82, 2.24) is 5.43 Å². The Hall–Kier alpha value is -2.25. The van der Waals surface area contributed by atoms with E-state index in [2.05, 4.69) is 15.8 Å². The van der Waals surface area contributed by atoms with Crippen molar-refractivity contribution >= 4 is 51.3 Å². The highest BCUT2D eigenvalue weighted by Gasteiger charge is 2.25. The van der Waals surface area contributed by atoms with Crippen LogP contribution in [0.1, 0.15) is 58.8 Å². The molecule has 2 aromatic heterocycles. The number of rotatable bonds is 5. The molecule has 2 N–H and O–H groups in total. The summed E-state index contributed by atoms with van der Waals surface area (Å²) >= 11 is 3.09. The predicted molar refractivity (Wildman–Crippen MR) is 114 cm³/mol. The molecule has 2 aromatic rings. The van der Waals surface area contributed by atoms with Crippen LogP contribution in [0, 0.1) is 0 Å². The average molecular weight is 402 g/mol. The maximum atomic E-state index is 12.8. The van der Waals surface area contributed by atoms with E-state index in [9.17, 15) is 9.59 Å². The van der Waals surface area contributed by atoms with Crippen LogP contribution in [0.4, 0.5) is 5.00 Å². The van der Waals surface area contributed by atoms with Crippen LogP contribution in [0.15, 0.2) is 28.7 Å². The summed E-state index contributed by atoms with van der Waals surface area (Å²) in [4.78, 5) is 27.4. The van der Waals surface area contributed by atoms with Gasteiger partial charge in [-0.05, 0) is 62.6 Å². The number of nitrogens with zero attached hydrogens (tertiary/aromatic N) is 1. The molecule has 5 nitrogen and oxygen atoms in total. The van der Waals surface area contributed by atoms with E-state index in [1.807, 2.05) is 31.4 Å². The third kappa shape index (κ3) is 5.14. The summed E-state index contributed by atoms with van der Waals surface area (Å²) in [5, 5.41) is 9.53. The second-order valence-electron chi connectivity index (χ2n) is 6.61. The van der Waals surface area contributed by atoms with Crippen molar-refractivity contribution in [3.8, 4) is 0 Å². The molecule has 142 valence electrons. The first-order valence-electron chi connectivity index (χ1n) is 9.03. The summed E-state index contributed by atoms with van der Waals surface area (Å²) in [5.41, 5.74) is 5.02. The Kier molecular flexibility index (Phi) is 6.58. The number of hydrogen-bond acceptors (Lipinski definition) is 5. The number of fused-ring (bicyclic) bond motifs is 1. The van der Waals surface area contributed by atoms with Crippen molar-refractivity contribution in [2.75, 3.05) is 5.32 Å². The molecule has 0 aliphatic heterocycles. The molecule has 27 heavy (non-hydrogen) atoms. The number of carbonyl (C=O) groups is 2. The summed E-state index contributed by atoms with van der Waals surface area (Å²) in [6.45, 7) is 3.65. The van der Waals surface area contributed by atoms with Gasteiger partial charge < -0.3 is 5.32 Å². The Morgan fingerprint density at radius 2 is 2.00 bits per heavy atom. The molecule has 0 fully saturated rings. The van der Waals surface area contributed by atoms with Crippen molar-refractivity contribution < 1.29 is 9.59 Å². The number of anilines is 1. The number of hydrogen-bond donors (Lipinski definition) is 2. The summed E-state index contributed by atoms with van der Waals surface area (Å²) in [6, 6.07) is 3.89. The minimum atomic E-state index is -0.256. The molecular formula is C20H23N3O2S2. The van der Waals surface area contributed by atoms with E-state index < -0.39 is 0 Å². The number of amides is 2. The van der Waals surface area contributed by atoms with Crippen LogP contribution in [0.3, 0.4) is 0 Å². The lowest BCUT2D eigenvalue weighted by Gasteiger charge is -2.07. The lowest BCUT2D eigenvalue weighted by molar-refractivity contribution is -0.111. The maximum absolute atomic E-state index is 12.8. The molecular weight excluding hydrogens is 378 g/mol. The van der Waals surface area contributed by atoms with Gasteiger partial charge in [0.15, 0.2) is 0 Å². The highest BCUT2D eigenvalue weighted by Crippen LogP contribution is 2.37. The van der Waals surface area contributed by atoms with E-state index in [1.165, 1.54) is 28.7 Å². The SMILES string of the molecule is CC(C)=NNC(=O)c1c(NC(=O)C=Cc2cccs2)sc2c1CCCCC2. The predicted octanol–water partition coefficient (Wildman–Crippen LogP) is 4.86.